The van der Waals surface area contributed by atoms with Gasteiger partial charge >= 0.3 is 12.1 Å². The van der Waals surface area contributed by atoms with Crippen molar-refractivity contribution in [1.29, 1.82) is 0 Å². The molecule has 0 spiro atoms. The van der Waals surface area contributed by atoms with Gasteiger partial charge in [-0.3, -0.25) is 4.79 Å². The molecule has 4 rings (SSSR count). The van der Waals surface area contributed by atoms with Crippen LogP contribution < -0.4 is 10.6 Å². The highest BCUT2D eigenvalue weighted by atomic mass is 16.5. The Labute approximate surface area is 206 Å². The SMILES string of the molecule is O=C(CCCCCCNC(=O)OCC1c2ccccc2-c2ccccc21)NC1(C(=O)O)CCCC1. The molecule has 0 heterocycles. The molecule has 7 nitrogen and oxygen atoms in total. The molecule has 0 saturated heterocycles. The van der Waals surface area contributed by atoms with Crippen molar-refractivity contribution in [3.05, 3.63) is 59.7 Å². The van der Waals surface area contributed by atoms with Crippen LogP contribution in [0.4, 0.5) is 4.79 Å². The summed E-state index contributed by atoms with van der Waals surface area (Å²) in [5.74, 6) is -1.07. The Hall–Kier alpha value is -3.35. The smallest absolute Gasteiger partial charge is 0.407 e. The van der Waals surface area contributed by atoms with Crippen LogP contribution in [-0.4, -0.2) is 41.8 Å². The lowest BCUT2D eigenvalue weighted by Crippen LogP contribution is -2.52. The Bertz CT molecular complexity index is 1020. The highest BCUT2D eigenvalue weighted by Gasteiger charge is 2.42. The van der Waals surface area contributed by atoms with Gasteiger partial charge in [0.15, 0.2) is 0 Å². The zero-order chi connectivity index (χ0) is 24.7. The molecule has 0 aromatic heterocycles. The van der Waals surface area contributed by atoms with Gasteiger partial charge in [-0.1, -0.05) is 74.2 Å². The fourth-order valence-electron chi connectivity index (χ4n) is 5.30. The Kier molecular flexibility index (Phi) is 8.06. The number of carboxylic acids is 1. The van der Waals surface area contributed by atoms with E-state index in [9.17, 15) is 19.5 Å². The number of carbonyl (C=O) groups is 3. The summed E-state index contributed by atoms with van der Waals surface area (Å²) in [6, 6.07) is 16.5. The topological polar surface area (TPSA) is 105 Å². The molecule has 0 atom stereocenters. The van der Waals surface area contributed by atoms with Gasteiger partial charge in [-0.15, -0.1) is 0 Å². The van der Waals surface area contributed by atoms with Gasteiger partial charge in [0.1, 0.15) is 12.1 Å². The zero-order valence-corrected chi connectivity index (χ0v) is 20.1. The molecule has 35 heavy (non-hydrogen) atoms. The van der Waals surface area contributed by atoms with Crippen molar-refractivity contribution < 1.29 is 24.2 Å². The standard InChI is InChI=1S/C28H34N2O5/c31-25(30-28(26(32)33)16-8-9-17-28)15-3-1-2-10-18-29-27(34)35-19-24-22-13-6-4-11-20(22)21-12-5-7-14-23(21)24/h4-7,11-14,24H,1-3,8-10,15-19H2,(H,29,34)(H,30,31)(H,32,33). The van der Waals surface area contributed by atoms with Crippen LogP contribution in [0.5, 0.6) is 0 Å². The summed E-state index contributed by atoms with van der Waals surface area (Å²) in [5, 5.41) is 15.0. The van der Waals surface area contributed by atoms with Crippen molar-refractivity contribution in [2.45, 2.75) is 69.2 Å². The molecular weight excluding hydrogens is 444 g/mol. The lowest BCUT2D eigenvalue weighted by Gasteiger charge is -2.25. The maximum atomic E-state index is 12.2. The number of nitrogens with one attached hydrogen (secondary N) is 2. The summed E-state index contributed by atoms with van der Waals surface area (Å²) < 4.78 is 5.54. The molecule has 1 saturated carbocycles. The van der Waals surface area contributed by atoms with Crippen LogP contribution in [0.2, 0.25) is 0 Å². The van der Waals surface area contributed by atoms with Gasteiger partial charge in [0.05, 0.1) is 0 Å². The monoisotopic (exact) mass is 478 g/mol. The summed E-state index contributed by atoms with van der Waals surface area (Å²) in [4.78, 5) is 35.9. The molecular formula is C28H34N2O5. The predicted octanol–water partition coefficient (Wildman–Crippen LogP) is 4.99. The van der Waals surface area contributed by atoms with Crippen molar-refractivity contribution in [2.75, 3.05) is 13.2 Å². The Morgan fingerprint density at radius 2 is 1.49 bits per heavy atom. The van der Waals surface area contributed by atoms with Crippen molar-refractivity contribution in [1.82, 2.24) is 10.6 Å². The summed E-state index contributed by atoms with van der Waals surface area (Å²) in [6.45, 7) is 0.817. The molecule has 2 aromatic rings. The van der Waals surface area contributed by atoms with Gasteiger partial charge in [0.2, 0.25) is 5.91 Å². The van der Waals surface area contributed by atoms with E-state index in [1.165, 1.54) is 22.3 Å². The number of carbonyl (C=O) groups excluding carboxylic acids is 2. The van der Waals surface area contributed by atoms with E-state index in [1.54, 1.807) is 0 Å². The summed E-state index contributed by atoms with van der Waals surface area (Å²) >= 11 is 0. The lowest BCUT2D eigenvalue weighted by atomic mass is 9.97. The highest BCUT2D eigenvalue weighted by molar-refractivity contribution is 5.87. The van der Waals surface area contributed by atoms with Gasteiger partial charge < -0.3 is 20.5 Å². The number of aliphatic carboxylic acids is 1. The third-order valence-corrected chi connectivity index (χ3v) is 7.19. The first-order valence-corrected chi connectivity index (χ1v) is 12.6. The maximum Gasteiger partial charge on any atom is 0.407 e. The fourth-order valence-corrected chi connectivity index (χ4v) is 5.30. The zero-order valence-electron chi connectivity index (χ0n) is 20.1. The minimum Gasteiger partial charge on any atom is -0.480 e. The van der Waals surface area contributed by atoms with E-state index in [4.69, 9.17) is 4.74 Å². The van der Waals surface area contributed by atoms with Crippen LogP contribution in [-0.2, 0) is 14.3 Å². The first-order valence-electron chi connectivity index (χ1n) is 12.6. The maximum absolute atomic E-state index is 12.2. The van der Waals surface area contributed by atoms with E-state index in [-0.39, 0.29) is 11.8 Å². The van der Waals surface area contributed by atoms with Crippen LogP contribution in [0.3, 0.4) is 0 Å². The number of carboxylic acid groups (broad SMARTS) is 1. The molecule has 7 heteroatoms. The first-order chi connectivity index (χ1) is 17.0. The van der Waals surface area contributed by atoms with Crippen LogP contribution in [0.25, 0.3) is 11.1 Å². The number of unbranched alkanes of at least 4 members (excludes halogenated alkanes) is 3. The van der Waals surface area contributed by atoms with E-state index in [2.05, 4.69) is 34.9 Å². The van der Waals surface area contributed by atoms with Crippen LogP contribution in [0.1, 0.15) is 74.8 Å². The number of ether oxygens (including phenoxy) is 1. The molecule has 0 aliphatic heterocycles. The Morgan fingerprint density at radius 1 is 0.886 bits per heavy atom. The van der Waals surface area contributed by atoms with Gasteiger partial charge in [0.25, 0.3) is 0 Å². The number of hydrogen-bond donors (Lipinski definition) is 3. The molecule has 2 aliphatic carbocycles. The minimum absolute atomic E-state index is 0.0452. The summed E-state index contributed by atoms with van der Waals surface area (Å²) in [5.41, 5.74) is 3.71. The van der Waals surface area contributed by atoms with Gasteiger partial charge in [0, 0.05) is 18.9 Å². The van der Waals surface area contributed by atoms with E-state index >= 15 is 0 Å². The second kappa shape index (κ2) is 11.4. The summed E-state index contributed by atoms with van der Waals surface area (Å²) in [7, 11) is 0. The van der Waals surface area contributed by atoms with E-state index in [0.29, 0.717) is 38.8 Å². The van der Waals surface area contributed by atoms with E-state index < -0.39 is 17.6 Å². The lowest BCUT2D eigenvalue weighted by molar-refractivity contribution is -0.147. The third kappa shape index (κ3) is 5.84. The normalized spacial score (nSPS) is 15.8. The molecule has 0 unspecified atom stereocenters. The number of fused-ring (bicyclic) bond motifs is 3. The van der Waals surface area contributed by atoms with Crippen molar-refractivity contribution in [3.8, 4) is 11.1 Å². The third-order valence-electron chi connectivity index (χ3n) is 7.19. The minimum atomic E-state index is -1.07. The second-order valence-electron chi connectivity index (χ2n) is 9.56. The number of alkyl carbamates (subject to hydrolysis) is 1. The molecule has 0 bridgehead atoms. The number of benzene rings is 2. The average Bonchev–Trinajstić information content (AvgIpc) is 3.46. The van der Waals surface area contributed by atoms with Crippen LogP contribution in [0, 0.1) is 0 Å². The van der Waals surface area contributed by atoms with Crippen LogP contribution in [0.15, 0.2) is 48.5 Å². The highest BCUT2D eigenvalue weighted by Crippen LogP contribution is 2.44. The number of amides is 2. The summed E-state index contributed by atoms with van der Waals surface area (Å²) in [6.07, 6.45) is 5.83. The molecule has 3 N–H and O–H groups in total. The van der Waals surface area contributed by atoms with Gasteiger partial charge in [-0.2, -0.15) is 0 Å². The molecule has 186 valence electrons. The predicted molar refractivity (Wildman–Crippen MR) is 133 cm³/mol. The van der Waals surface area contributed by atoms with Gasteiger partial charge in [-0.25, -0.2) is 9.59 Å². The average molecular weight is 479 g/mol. The number of rotatable bonds is 11. The largest absolute Gasteiger partial charge is 0.480 e. The van der Waals surface area contributed by atoms with E-state index in [0.717, 1.165) is 32.1 Å². The molecule has 2 amide bonds. The first kappa shape index (κ1) is 24.8. The molecule has 0 radical (unpaired) electrons. The Balaban J connectivity index is 1.10. The quantitative estimate of drug-likeness (QED) is 0.395. The van der Waals surface area contributed by atoms with Crippen molar-refractivity contribution in [3.63, 3.8) is 0 Å². The second-order valence-corrected chi connectivity index (χ2v) is 9.56. The van der Waals surface area contributed by atoms with E-state index in [1.807, 2.05) is 24.3 Å². The molecule has 1 fully saturated rings. The fraction of sp³-hybridized carbons (Fsp3) is 0.464. The Morgan fingerprint density at radius 3 is 2.11 bits per heavy atom. The van der Waals surface area contributed by atoms with Crippen molar-refractivity contribution >= 4 is 18.0 Å². The van der Waals surface area contributed by atoms with Crippen molar-refractivity contribution in [2.24, 2.45) is 0 Å². The molecule has 2 aromatic carbocycles. The van der Waals surface area contributed by atoms with Gasteiger partial charge in [-0.05, 0) is 47.9 Å². The number of hydrogen-bond acceptors (Lipinski definition) is 4. The van der Waals surface area contributed by atoms with Crippen LogP contribution >= 0.6 is 0 Å². The molecule has 2 aliphatic rings.